The molecular weight excluding hydrogens is 408 g/mol. The summed E-state index contributed by atoms with van der Waals surface area (Å²) in [6, 6.07) is 15.8. The van der Waals surface area contributed by atoms with Crippen LogP contribution in [0, 0.1) is 0 Å². The Hall–Kier alpha value is -4.30. The van der Waals surface area contributed by atoms with Gasteiger partial charge in [0.05, 0.1) is 17.4 Å². The molecule has 32 heavy (non-hydrogen) atoms. The lowest BCUT2D eigenvalue weighted by molar-refractivity contribution is -0.117. The molecule has 1 aliphatic heterocycles. The van der Waals surface area contributed by atoms with Gasteiger partial charge in [-0.15, -0.1) is 0 Å². The number of anilines is 1. The number of nitrogens with one attached hydrogen (secondary N) is 2. The number of fused-ring (bicyclic) bond motifs is 2. The van der Waals surface area contributed by atoms with E-state index >= 15 is 0 Å². The zero-order valence-corrected chi connectivity index (χ0v) is 16.7. The third kappa shape index (κ3) is 2.60. The second-order valence-electron chi connectivity index (χ2n) is 7.65. The van der Waals surface area contributed by atoms with E-state index in [1.165, 1.54) is 4.90 Å². The number of carbonyl (C=O) groups excluding carboxylic acids is 1. The summed E-state index contributed by atoms with van der Waals surface area (Å²) < 4.78 is 5.86. The van der Waals surface area contributed by atoms with Gasteiger partial charge in [-0.2, -0.15) is 0 Å². The van der Waals surface area contributed by atoms with Gasteiger partial charge in [0, 0.05) is 33.9 Å². The van der Waals surface area contributed by atoms with Crippen LogP contribution in [0.15, 0.2) is 77.3 Å². The van der Waals surface area contributed by atoms with Crippen LogP contribution in [-0.4, -0.2) is 31.1 Å². The van der Waals surface area contributed by atoms with E-state index in [4.69, 9.17) is 4.42 Å². The molecule has 0 spiro atoms. The number of benzene rings is 2. The van der Waals surface area contributed by atoms with Crippen LogP contribution in [0.3, 0.4) is 0 Å². The van der Waals surface area contributed by atoms with Gasteiger partial charge in [-0.05, 0) is 36.4 Å². The predicted molar refractivity (Wildman–Crippen MR) is 119 cm³/mol. The third-order valence-corrected chi connectivity index (χ3v) is 5.88. The van der Waals surface area contributed by atoms with Crippen molar-refractivity contribution in [1.82, 2.24) is 15.0 Å². The Balaban J connectivity index is 1.57. The SMILES string of the molecule is O=C1C(O)=C(c2c[nH]c3ccccc23)C(c2ccc(CO)o2)N1c1ccc2[nH]cnc2c1. The van der Waals surface area contributed by atoms with E-state index in [0.29, 0.717) is 33.9 Å². The van der Waals surface area contributed by atoms with E-state index in [1.54, 1.807) is 36.8 Å². The molecule has 0 aliphatic carbocycles. The topological polar surface area (TPSA) is 118 Å². The van der Waals surface area contributed by atoms with E-state index in [-0.39, 0.29) is 12.4 Å². The zero-order chi connectivity index (χ0) is 21.8. The molecule has 0 bridgehead atoms. The Kier molecular flexibility index (Phi) is 3.96. The normalized spacial score (nSPS) is 16.7. The van der Waals surface area contributed by atoms with Crippen molar-refractivity contribution in [2.75, 3.05) is 4.90 Å². The van der Waals surface area contributed by atoms with Crippen molar-refractivity contribution in [1.29, 1.82) is 0 Å². The third-order valence-electron chi connectivity index (χ3n) is 5.88. The highest BCUT2D eigenvalue weighted by molar-refractivity contribution is 6.17. The van der Waals surface area contributed by atoms with Crippen LogP contribution in [0.1, 0.15) is 23.1 Å². The van der Waals surface area contributed by atoms with Crippen LogP contribution in [0.4, 0.5) is 5.69 Å². The monoisotopic (exact) mass is 426 g/mol. The van der Waals surface area contributed by atoms with E-state index in [9.17, 15) is 15.0 Å². The molecule has 0 radical (unpaired) electrons. The van der Waals surface area contributed by atoms with Crippen molar-refractivity contribution < 1.29 is 19.4 Å². The smallest absolute Gasteiger partial charge is 0.294 e. The molecule has 1 aliphatic rings. The number of amides is 1. The van der Waals surface area contributed by atoms with Gasteiger partial charge < -0.3 is 24.6 Å². The largest absolute Gasteiger partial charge is 0.503 e. The van der Waals surface area contributed by atoms with Gasteiger partial charge in [0.15, 0.2) is 5.76 Å². The predicted octanol–water partition coefficient (Wildman–Crippen LogP) is 4.19. The number of hydrogen-bond acceptors (Lipinski definition) is 5. The average Bonchev–Trinajstić information content (AvgIpc) is 3.59. The zero-order valence-electron chi connectivity index (χ0n) is 16.7. The van der Waals surface area contributed by atoms with E-state index in [1.807, 2.05) is 30.3 Å². The van der Waals surface area contributed by atoms with Crippen LogP contribution in [0.2, 0.25) is 0 Å². The number of rotatable bonds is 4. The van der Waals surface area contributed by atoms with Crippen LogP contribution in [0.25, 0.3) is 27.5 Å². The number of furan rings is 1. The molecule has 0 saturated carbocycles. The van der Waals surface area contributed by atoms with Gasteiger partial charge in [-0.25, -0.2) is 4.98 Å². The molecule has 2 aromatic carbocycles. The number of carbonyl (C=O) groups is 1. The molecule has 3 aromatic heterocycles. The molecule has 5 aromatic rings. The summed E-state index contributed by atoms with van der Waals surface area (Å²) in [5.74, 6) is -0.0652. The van der Waals surface area contributed by atoms with Crippen LogP contribution in [-0.2, 0) is 11.4 Å². The minimum Gasteiger partial charge on any atom is -0.503 e. The van der Waals surface area contributed by atoms with Gasteiger partial charge in [0.25, 0.3) is 5.91 Å². The fourth-order valence-electron chi connectivity index (χ4n) is 4.41. The summed E-state index contributed by atoms with van der Waals surface area (Å²) in [7, 11) is 0. The van der Waals surface area contributed by atoms with Crippen molar-refractivity contribution in [2.45, 2.75) is 12.6 Å². The lowest BCUT2D eigenvalue weighted by Crippen LogP contribution is -2.29. The quantitative estimate of drug-likeness (QED) is 0.344. The molecule has 1 unspecified atom stereocenters. The highest BCUT2D eigenvalue weighted by Gasteiger charge is 2.44. The molecule has 6 rings (SSSR count). The molecule has 158 valence electrons. The molecule has 8 heteroatoms. The fourth-order valence-corrected chi connectivity index (χ4v) is 4.41. The number of H-pyrrole nitrogens is 2. The maximum absolute atomic E-state index is 13.4. The first-order chi connectivity index (χ1) is 15.7. The van der Waals surface area contributed by atoms with Crippen molar-refractivity contribution in [2.24, 2.45) is 0 Å². The molecular formula is C24H18N4O4. The first-order valence-electron chi connectivity index (χ1n) is 10.1. The number of aromatic amines is 2. The summed E-state index contributed by atoms with van der Waals surface area (Å²) in [5, 5.41) is 21.4. The Morgan fingerprint density at radius 2 is 1.94 bits per heavy atom. The molecule has 1 atom stereocenters. The van der Waals surface area contributed by atoms with Crippen LogP contribution in [0.5, 0.6) is 0 Å². The summed E-state index contributed by atoms with van der Waals surface area (Å²) in [4.78, 5) is 25.4. The summed E-state index contributed by atoms with van der Waals surface area (Å²) in [6.07, 6.45) is 3.37. The van der Waals surface area contributed by atoms with Gasteiger partial charge in [0.1, 0.15) is 24.2 Å². The first kappa shape index (κ1) is 18.5. The molecule has 8 nitrogen and oxygen atoms in total. The Bertz CT molecular complexity index is 1520. The Labute approximate surface area is 181 Å². The number of nitrogens with zero attached hydrogens (tertiary/aromatic N) is 2. The van der Waals surface area contributed by atoms with Crippen molar-refractivity contribution in [3.05, 3.63) is 90.0 Å². The molecule has 4 N–H and O–H groups in total. The van der Waals surface area contributed by atoms with Crippen LogP contribution >= 0.6 is 0 Å². The summed E-state index contributed by atoms with van der Waals surface area (Å²) in [5.41, 5.74) is 4.15. The molecule has 1 amide bonds. The second kappa shape index (κ2) is 6.86. The van der Waals surface area contributed by atoms with Gasteiger partial charge in [-0.3, -0.25) is 9.69 Å². The fraction of sp³-hybridized carbons (Fsp3) is 0.0833. The first-order valence-corrected chi connectivity index (χ1v) is 10.1. The molecule has 0 fully saturated rings. The van der Waals surface area contributed by atoms with Crippen molar-refractivity contribution in [3.63, 3.8) is 0 Å². The van der Waals surface area contributed by atoms with Gasteiger partial charge in [-0.1, -0.05) is 18.2 Å². The second-order valence-corrected chi connectivity index (χ2v) is 7.65. The number of aliphatic hydroxyl groups excluding tert-OH is 2. The lowest BCUT2D eigenvalue weighted by atomic mass is 9.96. The van der Waals surface area contributed by atoms with Crippen LogP contribution < -0.4 is 4.90 Å². The van der Waals surface area contributed by atoms with Gasteiger partial charge >= 0.3 is 0 Å². The highest BCUT2D eigenvalue weighted by atomic mass is 16.4. The number of aliphatic hydroxyl groups is 2. The van der Waals surface area contributed by atoms with Crippen molar-refractivity contribution in [3.8, 4) is 0 Å². The lowest BCUT2D eigenvalue weighted by Gasteiger charge is -2.25. The molecule has 0 saturated heterocycles. The average molecular weight is 426 g/mol. The Morgan fingerprint density at radius 3 is 2.78 bits per heavy atom. The number of imidazole rings is 1. The molecule has 4 heterocycles. The maximum atomic E-state index is 13.4. The van der Waals surface area contributed by atoms with Gasteiger partial charge in [0.2, 0.25) is 0 Å². The highest BCUT2D eigenvalue weighted by Crippen LogP contribution is 2.47. The number of para-hydroxylation sites is 1. The van der Waals surface area contributed by atoms with Crippen molar-refractivity contribution >= 4 is 39.1 Å². The van der Waals surface area contributed by atoms with E-state index in [2.05, 4.69) is 15.0 Å². The minimum absolute atomic E-state index is 0.266. The summed E-state index contributed by atoms with van der Waals surface area (Å²) in [6.45, 7) is -0.266. The summed E-state index contributed by atoms with van der Waals surface area (Å²) >= 11 is 0. The van der Waals surface area contributed by atoms with E-state index < -0.39 is 11.9 Å². The number of hydrogen-bond donors (Lipinski definition) is 4. The maximum Gasteiger partial charge on any atom is 0.294 e. The minimum atomic E-state index is -0.724. The Morgan fingerprint density at radius 1 is 1.06 bits per heavy atom. The van der Waals surface area contributed by atoms with E-state index in [0.717, 1.165) is 16.4 Å². The standard InChI is InChI=1S/C24H18N4O4/c29-11-14-6-8-20(32-14)22-21(16-10-25-17-4-2-1-3-15(16)17)23(30)24(31)28(22)13-5-7-18-19(9-13)27-12-26-18/h1-10,12,22,25,29-30H,11H2,(H,26,27). The number of aromatic nitrogens is 3.